The van der Waals surface area contributed by atoms with E-state index >= 15 is 0 Å². The zero-order chi connectivity index (χ0) is 24.6. The summed E-state index contributed by atoms with van der Waals surface area (Å²) in [7, 11) is 4.00. The molecule has 0 fully saturated rings. The molecule has 0 unspecified atom stereocenters. The molecule has 0 aliphatic heterocycles. The Hall–Kier alpha value is -4.22. The van der Waals surface area contributed by atoms with Gasteiger partial charge in [-0.2, -0.15) is 9.49 Å². The van der Waals surface area contributed by atoms with E-state index in [1.54, 1.807) is 30.9 Å². The van der Waals surface area contributed by atoms with Crippen molar-refractivity contribution in [1.29, 1.82) is 0 Å². The molecule has 0 aromatic carbocycles. The third kappa shape index (κ3) is 4.18. The molecular formula is C25H21FN8OS. The summed E-state index contributed by atoms with van der Waals surface area (Å²) in [5.41, 5.74) is 5.07. The molecule has 0 aliphatic carbocycles. The molecule has 2 N–H and O–H groups in total. The number of ether oxygens (including phenoxy) is 1. The van der Waals surface area contributed by atoms with E-state index in [2.05, 4.69) is 35.0 Å². The van der Waals surface area contributed by atoms with Gasteiger partial charge in [0.1, 0.15) is 23.6 Å². The van der Waals surface area contributed by atoms with E-state index in [-0.39, 0.29) is 5.13 Å². The van der Waals surface area contributed by atoms with Gasteiger partial charge in [-0.3, -0.25) is 10.1 Å². The van der Waals surface area contributed by atoms with E-state index in [9.17, 15) is 4.39 Å². The maximum absolute atomic E-state index is 13.7. The van der Waals surface area contributed by atoms with Crippen LogP contribution in [0.1, 0.15) is 0 Å². The van der Waals surface area contributed by atoms with Gasteiger partial charge in [-0.25, -0.2) is 15.0 Å². The van der Waals surface area contributed by atoms with Crippen LogP contribution in [0.3, 0.4) is 0 Å². The normalized spacial score (nSPS) is 11.7. The summed E-state index contributed by atoms with van der Waals surface area (Å²) < 4.78 is 19.5. The second-order valence-corrected chi connectivity index (χ2v) is 9.53. The molecule has 6 aromatic heterocycles. The Morgan fingerprint density at radius 1 is 1.03 bits per heavy atom. The number of pyridine rings is 3. The number of hydrogen-bond donors (Lipinski definition) is 2. The maximum Gasteiger partial charge on any atom is 0.176 e. The summed E-state index contributed by atoms with van der Waals surface area (Å²) in [6.07, 6.45) is 6.93. The SMILES string of the molecule is CN(C)CCOc1cncc(-c2cnc3[nH]nc(-c4nc5c(-c6ccc(F)s6)ccnc5[nH]4)c3c2)c1. The number of nitrogens with zero attached hydrogens (tertiary/aromatic N) is 6. The number of aromatic amines is 2. The molecule has 0 bridgehead atoms. The number of aromatic nitrogens is 7. The molecule has 6 heterocycles. The highest BCUT2D eigenvalue weighted by atomic mass is 32.1. The molecule has 36 heavy (non-hydrogen) atoms. The number of H-pyrrole nitrogens is 2. The first-order valence-corrected chi connectivity index (χ1v) is 12.0. The highest BCUT2D eigenvalue weighted by molar-refractivity contribution is 7.14. The summed E-state index contributed by atoms with van der Waals surface area (Å²) in [5.74, 6) is 1.24. The fourth-order valence-corrected chi connectivity index (χ4v) is 4.68. The van der Waals surface area contributed by atoms with Gasteiger partial charge in [0, 0.05) is 46.7 Å². The predicted molar refractivity (Wildman–Crippen MR) is 137 cm³/mol. The van der Waals surface area contributed by atoms with Crippen molar-refractivity contribution < 1.29 is 9.13 Å². The molecule has 0 radical (unpaired) electrons. The molecule has 0 saturated carbocycles. The molecule has 6 rings (SSSR count). The van der Waals surface area contributed by atoms with Crippen molar-refractivity contribution in [2.75, 3.05) is 27.2 Å². The summed E-state index contributed by atoms with van der Waals surface area (Å²) in [6.45, 7) is 1.38. The Bertz CT molecular complexity index is 1690. The first-order valence-electron chi connectivity index (χ1n) is 11.2. The highest BCUT2D eigenvalue weighted by Crippen LogP contribution is 2.34. The van der Waals surface area contributed by atoms with Crippen LogP contribution in [0.5, 0.6) is 5.75 Å². The Kier molecular flexibility index (Phi) is 5.62. The van der Waals surface area contributed by atoms with E-state index in [0.29, 0.717) is 40.7 Å². The van der Waals surface area contributed by atoms with Crippen LogP contribution in [0.25, 0.3) is 55.3 Å². The van der Waals surface area contributed by atoms with Crippen molar-refractivity contribution in [1.82, 2.24) is 40.0 Å². The van der Waals surface area contributed by atoms with Crippen LogP contribution in [0.15, 0.2) is 55.1 Å². The minimum atomic E-state index is -0.246. The lowest BCUT2D eigenvalue weighted by Gasteiger charge is -2.11. The second kappa shape index (κ2) is 9.10. The minimum Gasteiger partial charge on any atom is -0.491 e. The van der Waals surface area contributed by atoms with Crippen molar-refractivity contribution >= 4 is 33.5 Å². The Labute approximate surface area is 209 Å². The second-order valence-electron chi connectivity index (χ2n) is 8.50. The number of halogens is 1. The molecule has 11 heteroatoms. The van der Waals surface area contributed by atoms with Crippen molar-refractivity contribution in [3.63, 3.8) is 0 Å². The quantitative estimate of drug-likeness (QED) is 0.325. The van der Waals surface area contributed by atoms with Crippen molar-refractivity contribution in [3.8, 4) is 38.8 Å². The zero-order valence-corrected chi connectivity index (χ0v) is 20.3. The zero-order valence-electron chi connectivity index (χ0n) is 19.5. The number of imidazole rings is 1. The van der Waals surface area contributed by atoms with Crippen LogP contribution in [-0.2, 0) is 0 Å². The topological polar surface area (TPSA) is 108 Å². The lowest BCUT2D eigenvalue weighted by Crippen LogP contribution is -2.19. The van der Waals surface area contributed by atoms with Crippen LogP contribution < -0.4 is 4.74 Å². The van der Waals surface area contributed by atoms with Gasteiger partial charge in [0.15, 0.2) is 22.2 Å². The van der Waals surface area contributed by atoms with Gasteiger partial charge in [-0.05, 0) is 44.4 Å². The first kappa shape index (κ1) is 22.3. The van der Waals surface area contributed by atoms with Gasteiger partial charge >= 0.3 is 0 Å². The first-order chi connectivity index (χ1) is 17.5. The molecule has 6 aromatic rings. The molecular weight excluding hydrogens is 479 g/mol. The number of thiophene rings is 1. The molecule has 0 saturated heterocycles. The Balaban J connectivity index is 1.37. The van der Waals surface area contributed by atoms with Crippen molar-refractivity contribution in [2.24, 2.45) is 0 Å². The third-order valence-corrected chi connectivity index (χ3v) is 6.62. The van der Waals surface area contributed by atoms with E-state index in [1.807, 2.05) is 32.3 Å². The standard InChI is InChI=1S/C25H21FN8OS/c1-34(2)7-8-35-16-9-14(11-27-13-16)15-10-18-22(32-33-23(18)29-12-15)25-30-21-17(5-6-28-24(21)31-25)19-3-4-20(26)36-19/h3-6,9-13H,7-8H2,1-2H3,(H,28,30,31)(H,29,32,33). The Morgan fingerprint density at radius 3 is 2.75 bits per heavy atom. The van der Waals surface area contributed by atoms with Crippen LogP contribution in [0.2, 0.25) is 0 Å². The lowest BCUT2D eigenvalue weighted by atomic mass is 10.1. The van der Waals surface area contributed by atoms with Gasteiger partial charge in [0.05, 0.1) is 11.6 Å². The summed E-state index contributed by atoms with van der Waals surface area (Å²) in [4.78, 5) is 24.2. The number of nitrogens with one attached hydrogen (secondary N) is 2. The summed E-state index contributed by atoms with van der Waals surface area (Å²) >= 11 is 1.07. The van der Waals surface area contributed by atoms with E-state index in [4.69, 9.17) is 9.72 Å². The van der Waals surface area contributed by atoms with Gasteiger partial charge < -0.3 is 14.6 Å². The van der Waals surface area contributed by atoms with Crippen molar-refractivity contribution in [3.05, 3.63) is 60.3 Å². The average molecular weight is 501 g/mol. The molecule has 0 amide bonds. The monoisotopic (exact) mass is 500 g/mol. The molecule has 9 nitrogen and oxygen atoms in total. The van der Waals surface area contributed by atoms with Crippen molar-refractivity contribution in [2.45, 2.75) is 0 Å². The van der Waals surface area contributed by atoms with Crippen LogP contribution in [-0.4, -0.2) is 67.3 Å². The maximum atomic E-state index is 13.7. The van der Waals surface area contributed by atoms with Gasteiger partial charge in [0.2, 0.25) is 0 Å². The minimum absolute atomic E-state index is 0.246. The van der Waals surface area contributed by atoms with Gasteiger partial charge in [-0.15, -0.1) is 11.3 Å². The van der Waals surface area contributed by atoms with E-state index in [0.717, 1.165) is 44.8 Å². The number of hydrogen-bond acceptors (Lipinski definition) is 8. The van der Waals surface area contributed by atoms with E-state index < -0.39 is 0 Å². The largest absolute Gasteiger partial charge is 0.491 e. The molecule has 0 aliphatic rings. The molecule has 180 valence electrons. The summed E-state index contributed by atoms with van der Waals surface area (Å²) in [6, 6.07) is 8.98. The molecule has 0 spiro atoms. The molecule has 0 atom stereocenters. The van der Waals surface area contributed by atoms with Crippen LogP contribution in [0, 0.1) is 5.13 Å². The Morgan fingerprint density at radius 2 is 1.92 bits per heavy atom. The predicted octanol–water partition coefficient (Wildman–Crippen LogP) is 4.77. The fraction of sp³-hybridized carbons (Fsp3) is 0.160. The number of rotatable bonds is 7. The third-order valence-electron chi connectivity index (χ3n) is 5.72. The fourth-order valence-electron chi connectivity index (χ4n) is 3.92. The van der Waals surface area contributed by atoms with Gasteiger partial charge in [-0.1, -0.05) is 0 Å². The van der Waals surface area contributed by atoms with Crippen LogP contribution in [0.4, 0.5) is 4.39 Å². The lowest BCUT2D eigenvalue weighted by molar-refractivity contribution is 0.261. The highest BCUT2D eigenvalue weighted by Gasteiger charge is 2.18. The average Bonchev–Trinajstić information content (AvgIpc) is 3.61. The number of likely N-dealkylation sites (N-methyl/N-ethyl adjacent to an activating group) is 1. The number of fused-ring (bicyclic) bond motifs is 2. The summed E-state index contributed by atoms with van der Waals surface area (Å²) in [5, 5.41) is 7.99. The smallest absolute Gasteiger partial charge is 0.176 e. The van der Waals surface area contributed by atoms with Crippen LogP contribution >= 0.6 is 11.3 Å². The van der Waals surface area contributed by atoms with E-state index in [1.165, 1.54) is 6.07 Å². The van der Waals surface area contributed by atoms with Gasteiger partial charge in [0.25, 0.3) is 0 Å².